The van der Waals surface area contributed by atoms with Crippen LogP contribution in [0.3, 0.4) is 0 Å². The molecule has 9 rings (SSSR count). The van der Waals surface area contributed by atoms with Crippen LogP contribution in [-0.2, 0) is 0 Å². The molecular weight excluding hydrogens is 577 g/mol. The molecule has 0 heterocycles. The van der Waals surface area contributed by atoms with Crippen LogP contribution in [0.4, 0.5) is 0 Å². The van der Waals surface area contributed by atoms with Gasteiger partial charge in [-0.2, -0.15) is 0 Å². The fourth-order valence-corrected chi connectivity index (χ4v) is 7.54. The van der Waals surface area contributed by atoms with E-state index in [1.165, 1.54) is 88.0 Å². The maximum absolute atomic E-state index is 2.40. The Morgan fingerprint density at radius 1 is 0.208 bits per heavy atom. The van der Waals surface area contributed by atoms with E-state index in [0.717, 1.165) is 0 Å². The zero-order valence-corrected chi connectivity index (χ0v) is 26.5. The number of hydrogen-bond acceptors (Lipinski definition) is 0. The molecule has 0 N–H and O–H groups in total. The molecule has 0 radical (unpaired) electrons. The zero-order valence-electron chi connectivity index (χ0n) is 26.5. The van der Waals surface area contributed by atoms with Crippen LogP contribution in [0.15, 0.2) is 194 Å². The highest BCUT2D eigenvalue weighted by atomic mass is 14.2. The highest BCUT2D eigenvalue weighted by molar-refractivity contribution is 6.23. The van der Waals surface area contributed by atoms with E-state index in [1.807, 2.05) is 0 Å². The minimum atomic E-state index is 1.21. The van der Waals surface area contributed by atoms with Gasteiger partial charge in [-0.15, -0.1) is 0 Å². The molecule has 224 valence electrons. The predicted molar refractivity (Wildman–Crippen MR) is 206 cm³/mol. The Bertz CT molecular complexity index is 2530. The third-order valence-electron chi connectivity index (χ3n) is 9.69. The van der Waals surface area contributed by atoms with E-state index in [-0.39, 0.29) is 0 Å². The third kappa shape index (κ3) is 4.70. The topological polar surface area (TPSA) is 0 Å². The van der Waals surface area contributed by atoms with E-state index < -0.39 is 0 Å². The van der Waals surface area contributed by atoms with E-state index in [4.69, 9.17) is 0 Å². The standard InChI is InChI=1S/C48H32/c1-3-16-33(17-4-1)38-23-9-10-24-40(38)47-41-25-11-13-27-43(41)48(44-28-14-12-26-42(44)47)45-31-30-36(32-46(45)35-18-5-2-6-19-35)39-29-15-21-34-20-7-8-22-37(34)39/h1-32H. The maximum Gasteiger partial charge on any atom is -0.00201 e. The molecule has 0 aliphatic rings. The van der Waals surface area contributed by atoms with Gasteiger partial charge in [-0.05, 0) is 94.0 Å². The summed E-state index contributed by atoms with van der Waals surface area (Å²) in [6, 6.07) is 70.7. The zero-order chi connectivity index (χ0) is 31.9. The molecular formula is C48H32. The van der Waals surface area contributed by atoms with Crippen molar-refractivity contribution in [3.63, 3.8) is 0 Å². The van der Waals surface area contributed by atoms with Gasteiger partial charge in [0.2, 0.25) is 0 Å². The first-order valence-corrected chi connectivity index (χ1v) is 16.6. The first-order chi connectivity index (χ1) is 23.8. The molecule has 9 aromatic carbocycles. The van der Waals surface area contributed by atoms with Crippen LogP contribution in [0, 0.1) is 0 Å². The molecule has 0 spiro atoms. The smallest absolute Gasteiger partial charge is 0.00201 e. The van der Waals surface area contributed by atoms with Gasteiger partial charge in [0.1, 0.15) is 0 Å². The molecule has 0 aliphatic heterocycles. The van der Waals surface area contributed by atoms with Gasteiger partial charge in [0.15, 0.2) is 0 Å². The van der Waals surface area contributed by atoms with Crippen molar-refractivity contribution in [2.45, 2.75) is 0 Å². The number of rotatable bonds is 5. The number of benzene rings is 9. The van der Waals surface area contributed by atoms with E-state index in [0.29, 0.717) is 0 Å². The first kappa shape index (κ1) is 28.0. The molecule has 0 amide bonds. The minimum Gasteiger partial charge on any atom is -0.0622 e. The lowest BCUT2D eigenvalue weighted by molar-refractivity contribution is 1.59. The quantitative estimate of drug-likeness (QED) is 0.171. The summed E-state index contributed by atoms with van der Waals surface area (Å²) in [5.41, 5.74) is 12.4. The van der Waals surface area contributed by atoms with Gasteiger partial charge in [-0.25, -0.2) is 0 Å². The number of fused-ring (bicyclic) bond motifs is 3. The van der Waals surface area contributed by atoms with Crippen molar-refractivity contribution in [1.29, 1.82) is 0 Å². The van der Waals surface area contributed by atoms with Crippen molar-refractivity contribution >= 4 is 32.3 Å². The maximum atomic E-state index is 2.40. The molecule has 0 aromatic heterocycles. The largest absolute Gasteiger partial charge is 0.0622 e. The highest BCUT2D eigenvalue weighted by Gasteiger charge is 2.21. The van der Waals surface area contributed by atoms with Gasteiger partial charge in [-0.3, -0.25) is 0 Å². The van der Waals surface area contributed by atoms with Crippen LogP contribution >= 0.6 is 0 Å². The van der Waals surface area contributed by atoms with Crippen molar-refractivity contribution in [2.24, 2.45) is 0 Å². The molecule has 0 bridgehead atoms. The number of hydrogen-bond donors (Lipinski definition) is 0. The van der Waals surface area contributed by atoms with Gasteiger partial charge >= 0.3 is 0 Å². The molecule has 0 atom stereocenters. The highest BCUT2D eigenvalue weighted by Crippen LogP contribution is 2.48. The second kappa shape index (κ2) is 11.8. The molecule has 9 aromatic rings. The SMILES string of the molecule is c1ccc(-c2ccccc2-c2c3ccccc3c(-c3ccc(-c4cccc5ccccc45)cc3-c3ccccc3)c3ccccc23)cc1. The lowest BCUT2D eigenvalue weighted by atomic mass is 9.81. The summed E-state index contributed by atoms with van der Waals surface area (Å²) in [6.45, 7) is 0. The summed E-state index contributed by atoms with van der Waals surface area (Å²) in [5, 5.41) is 7.54. The normalized spacial score (nSPS) is 11.3. The lowest BCUT2D eigenvalue weighted by Gasteiger charge is -2.21. The van der Waals surface area contributed by atoms with Gasteiger partial charge in [0.25, 0.3) is 0 Å². The van der Waals surface area contributed by atoms with Crippen molar-refractivity contribution in [2.75, 3.05) is 0 Å². The summed E-state index contributed by atoms with van der Waals surface area (Å²) in [7, 11) is 0. The van der Waals surface area contributed by atoms with Gasteiger partial charge in [-0.1, -0.05) is 188 Å². The summed E-state index contributed by atoms with van der Waals surface area (Å²) in [5.74, 6) is 0. The van der Waals surface area contributed by atoms with E-state index in [9.17, 15) is 0 Å². The molecule has 48 heavy (non-hydrogen) atoms. The lowest BCUT2D eigenvalue weighted by Crippen LogP contribution is -1.94. The summed E-state index contributed by atoms with van der Waals surface area (Å²) >= 11 is 0. The average molecular weight is 609 g/mol. The Morgan fingerprint density at radius 3 is 1.23 bits per heavy atom. The van der Waals surface area contributed by atoms with E-state index in [1.54, 1.807) is 0 Å². The molecule has 0 nitrogen and oxygen atoms in total. The minimum absolute atomic E-state index is 1.21. The van der Waals surface area contributed by atoms with Crippen molar-refractivity contribution < 1.29 is 0 Å². The summed E-state index contributed by atoms with van der Waals surface area (Å²) < 4.78 is 0. The Labute approximate surface area is 281 Å². The van der Waals surface area contributed by atoms with Crippen LogP contribution in [0.25, 0.3) is 88.0 Å². The predicted octanol–water partition coefficient (Wildman–Crippen LogP) is 13.5. The van der Waals surface area contributed by atoms with Crippen LogP contribution < -0.4 is 0 Å². The Hall–Kier alpha value is -6.24. The average Bonchev–Trinajstić information content (AvgIpc) is 3.17. The molecule has 0 saturated carbocycles. The van der Waals surface area contributed by atoms with E-state index in [2.05, 4.69) is 194 Å². The van der Waals surface area contributed by atoms with Gasteiger partial charge < -0.3 is 0 Å². The van der Waals surface area contributed by atoms with Crippen molar-refractivity contribution in [1.82, 2.24) is 0 Å². The first-order valence-electron chi connectivity index (χ1n) is 16.6. The Morgan fingerprint density at radius 2 is 0.625 bits per heavy atom. The third-order valence-corrected chi connectivity index (χ3v) is 9.69. The van der Waals surface area contributed by atoms with Crippen LogP contribution in [0.1, 0.15) is 0 Å². The van der Waals surface area contributed by atoms with Crippen LogP contribution in [0.5, 0.6) is 0 Å². The fourth-order valence-electron chi connectivity index (χ4n) is 7.54. The van der Waals surface area contributed by atoms with Gasteiger partial charge in [0, 0.05) is 0 Å². The summed E-state index contributed by atoms with van der Waals surface area (Å²) in [6.07, 6.45) is 0. The van der Waals surface area contributed by atoms with Gasteiger partial charge in [0.05, 0.1) is 0 Å². The van der Waals surface area contributed by atoms with Crippen molar-refractivity contribution in [3.05, 3.63) is 194 Å². The molecule has 0 fully saturated rings. The van der Waals surface area contributed by atoms with Crippen molar-refractivity contribution in [3.8, 4) is 55.6 Å². The fraction of sp³-hybridized carbons (Fsp3) is 0. The second-order valence-corrected chi connectivity index (χ2v) is 12.4. The molecule has 0 heteroatoms. The molecule has 0 aliphatic carbocycles. The Balaban J connectivity index is 1.36. The molecule has 0 unspecified atom stereocenters. The Kier molecular flexibility index (Phi) is 6.91. The monoisotopic (exact) mass is 608 g/mol. The van der Waals surface area contributed by atoms with E-state index >= 15 is 0 Å². The summed E-state index contributed by atoms with van der Waals surface area (Å²) in [4.78, 5) is 0. The van der Waals surface area contributed by atoms with Crippen LogP contribution in [-0.4, -0.2) is 0 Å². The van der Waals surface area contributed by atoms with Crippen LogP contribution in [0.2, 0.25) is 0 Å². The molecule has 0 saturated heterocycles. The second-order valence-electron chi connectivity index (χ2n) is 12.4.